The SMILES string of the molecule is O=C(Nc1ccsc1C(=O)O)c1cnc(Cl)c(Cl)c1. The van der Waals surface area contributed by atoms with Gasteiger partial charge in [-0.2, -0.15) is 0 Å². The number of amides is 1. The third-order valence-electron chi connectivity index (χ3n) is 2.17. The number of carboxylic acids is 1. The van der Waals surface area contributed by atoms with E-state index in [4.69, 9.17) is 28.3 Å². The first kappa shape index (κ1) is 13.8. The Balaban J connectivity index is 2.23. The molecule has 0 bridgehead atoms. The summed E-state index contributed by atoms with van der Waals surface area (Å²) in [6.45, 7) is 0. The van der Waals surface area contributed by atoms with Crippen molar-refractivity contribution in [2.75, 3.05) is 5.32 Å². The number of carboxylic acid groups (broad SMARTS) is 1. The number of nitrogens with zero attached hydrogens (tertiary/aromatic N) is 1. The van der Waals surface area contributed by atoms with Crippen molar-refractivity contribution < 1.29 is 14.7 Å². The third kappa shape index (κ3) is 3.04. The molecule has 0 aromatic carbocycles. The number of anilines is 1. The van der Waals surface area contributed by atoms with Crippen LogP contribution in [0.4, 0.5) is 5.69 Å². The van der Waals surface area contributed by atoms with Gasteiger partial charge in [0.25, 0.3) is 5.91 Å². The lowest BCUT2D eigenvalue weighted by molar-refractivity contribution is 0.0703. The molecule has 0 saturated carbocycles. The Kier molecular flexibility index (Phi) is 4.04. The van der Waals surface area contributed by atoms with Gasteiger partial charge in [0.1, 0.15) is 10.0 Å². The van der Waals surface area contributed by atoms with Gasteiger partial charge >= 0.3 is 5.97 Å². The summed E-state index contributed by atoms with van der Waals surface area (Å²) in [6.07, 6.45) is 1.26. The van der Waals surface area contributed by atoms with Crippen LogP contribution >= 0.6 is 34.5 Å². The van der Waals surface area contributed by atoms with Crippen LogP contribution in [0, 0.1) is 0 Å². The Morgan fingerprint density at radius 2 is 2.11 bits per heavy atom. The summed E-state index contributed by atoms with van der Waals surface area (Å²) >= 11 is 12.4. The summed E-state index contributed by atoms with van der Waals surface area (Å²) in [5.41, 5.74) is 0.422. The van der Waals surface area contributed by atoms with Crippen LogP contribution in [0.3, 0.4) is 0 Å². The molecule has 0 saturated heterocycles. The molecule has 0 fully saturated rings. The molecule has 0 spiro atoms. The minimum atomic E-state index is -1.10. The summed E-state index contributed by atoms with van der Waals surface area (Å²) in [5, 5.41) is 13.2. The monoisotopic (exact) mass is 316 g/mol. The first-order valence-electron chi connectivity index (χ1n) is 4.92. The van der Waals surface area contributed by atoms with Crippen molar-refractivity contribution in [3.8, 4) is 0 Å². The largest absolute Gasteiger partial charge is 0.477 e. The van der Waals surface area contributed by atoms with Crippen molar-refractivity contribution >= 4 is 52.1 Å². The van der Waals surface area contributed by atoms with Gasteiger partial charge in [-0.1, -0.05) is 23.2 Å². The smallest absolute Gasteiger partial charge is 0.348 e. The second-order valence-corrected chi connectivity index (χ2v) is 5.10. The van der Waals surface area contributed by atoms with Crippen LogP contribution < -0.4 is 5.32 Å². The molecule has 2 N–H and O–H groups in total. The lowest BCUT2D eigenvalue weighted by atomic mass is 10.2. The zero-order valence-electron chi connectivity index (χ0n) is 9.18. The molecule has 98 valence electrons. The number of rotatable bonds is 3. The van der Waals surface area contributed by atoms with Gasteiger partial charge in [0.15, 0.2) is 0 Å². The fourth-order valence-corrected chi connectivity index (χ4v) is 2.27. The van der Waals surface area contributed by atoms with Gasteiger partial charge < -0.3 is 10.4 Å². The summed E-state index contributed by atoms with van der Waals surface area (Å²) in [6, 6.07) is 2.87. The molecule has 0 aliphatic heterocycles. The molecule has 19 heavy (non-hydrogen) atoms. The van der Waals surface area contributed by atoms with E-state index in [-0.39, 0.29) is 26.3 Å². The fraction of sp³-hybridized carbons (Fsp3) is 0. The van der Waals surface area contributed by atoms with Crippen molar-refractivity contribution in [1.29, 1.82) is 0 Å². The number of aromatic carboxylic acids is 1. The van der Waals surface area contributed by atoms with E-state index in [0.29, 0.717) is 0 Å². The molecule has 0 atom stereocenters. The Morgan fingerprint density at radius 1 is 1.37 bits per heavy atom. The van der Waals surface area contributed by atoms with E-state index < -0.39 is 11.9 Å². The highest BCUT2D eigenvalue weighted by molar-refractivity contribution is 7.12. The molecule has 2 aromatic rings. The normalized spacial score (nSPS) is 10.2. The average molecular weight is 317 g/mol. The first-order chi connectivity index (χ1) is 8.99. The van der Waals surface area contributed by atoms with Crippen molar-refractivity contribution in [2.24, 2.45) is 0 Å². The average Bonchev–Trinajstić information content (AvgIpc) is 2.80. The summed E-state index contributed by atoms with van der Waals surface area (Å²) in [5.74, 6) is -1.61. The molecule has 0 radical (unpaired) electrons. The number of aromatic nitrogens is 1. The predicted octanol–water partition coefficient (Wildman–Crippen LogP) is 3.40. The number of carbonyl (C=O) groups excluding carboxylic acids is 1. The maximum absolute atomic E-state index is 11.9. The second-order valence-electron chi connectivity index (χ2n) is 3.42. The zero-order chi connectivity index (χ0) is 14.0. The van der Waals surface area contributed by atoms with Gasteiger partial charge in [-0.3, -0.25) is 4.79 Å². The van der Waals surface area contributed by atoms with Crippen LogP contribution in [0.25, 0.3) is 0 Å². The van der Waals surface area contributed by atoms with Crippen molar-refractivity contribution in [3.05, 3.63) is 44.3 Å². The number of hydrogen-bond acceptors (Lipinski definition) is 4. The van der Waals surface area contributed by atoms with Crippen LogP contribution in [-0.4, -0.2) is 22.0 Å². The van der Waals surface area contributed by atoms with E-state index in [1.54, 1.807) is 5.38 Å². The van der Waals surface area contributed by atoms with E-state index in [2.05, 4.69) is 10.3 Å². The zero-order valence-corrected chi connectivity index (χ0v) is 11.5. The van der Waals surface area contributed by atoms with Crippen LogP contribution in [0.5, 0.6) is 0 Å². The van der Waals surface area contributed by atoms with Crippen LogP contribution in [0.2, 0.25) is 10.2 Å². The molecule has 5 nitrogen and oxygen atoms in total. The van der Waals surface area contributed by atoms with E-state index in [1.165, 1.54) is 18.3 Å². The van der Waals surface area contributed by atoms with Gasteiger partial charge in [-0.15, -0.1) is 11.3 Å². The van der Waals surface area contributed by atoms with Crippen LogP contribution in [0.1, 0.15) is 20.0 Å². The molecule has 0 aliphatic carbocycles. The van der Waals surface area contributed by atoms with Crippen molar-refractivity contribution in [3.63, 3.8) is 0 Å². The maximum atomic E-state index is 11.9. The molecule has 0 unspecified atom stereocenters. The first-order valence-corrected chi connectivity index (χ1v) is 6.56. The van der Waals surface area contributed by atoms with E-state index in [9.17, 15) is 9.59 Å². The number of pyridine rings is 1. The minimum Gasteiger partial charge on any atom is -0.477 e. The number of nitrogens with one attached hydrogen (secondary N) is 1. The second kappa shape index (κ2) is 5.56. The highest BCUT2D eigenvalue weighted by Crippen LogP contribution is 2.24. The van der Waals surface area contributed by atoms with E-state index in [0.717, 1.165) is 11.3 Å². The molecule has 0 aliphatic rings. The summed E-state index contributed by atoms with van der Waals surface area (Å²) < 4.78 is 0. The Labute approximate surface area is 121 Å². The topological polar surface area (TPSA) is 79.3 Å². The molecule has 2 aromatic heterocycles. The van der Waals surface area contributed by atoms with Gasteiger partial charge in [0, 0.05) is 6.20 Å². The molecule has 2 rings (SSSR count). The molecule has 8 heteroatoms. The molecule has 2 heterocycles. The summed E-state index contributed by atoms with van der Waals surface area (Å²) in [4.78, 5) is 26.6. The standard InChI is InChI=1S/C11H6Cl2N2O3S/c12-6-3-5(4-14-9(6)13)10(16)15-7-1-2-19-8(7)11(17)18/h1-4H,(H,15,16)(H,17,18). The molecule has 1 amide bonds. The van der Waals surface area contributed by atoms with Crippen molar-refractivity contribution in [2.45, 2.75) is 0 Å². The van der Waals surface area contributed by atoms with Crippen LogP contribution in [0.15, 0.2) is 23.7 Å². The van der Waals surface area contributed by atoms with Gasteiger partial charge in [-0.05, 0) is 17.5 Å². The number of carbonyl (C=O) groups is 2. The predicted molar refractivity (Wildman–Crippen MR) is 73.5 cm³/mol. The van der Waals surface area contributed by atoms with E-state index >= 15 is 0 Å². The highest BCUT2D eigenvalue weighted by Gasteiger charge is 2.15. The summed E-state index contributed by atoms with van der Waals surface area (Å²) in [7, 11) is 0. The van der Waals surface area contributed by atoms with E-state index in [1.807, 2.05) is 0 Å². The quantitative estimate of drug-likeness (QED) is 0.850. The van der Waals surface area contributed by atoms with Crippen LogP contribution in [-0.2, 0) is 0 Å². The number of thiophene rings is 1. The van der Waals surface area contributed by atoms with Gasteiger partial charge in [0.2, 0.25) is 0 Å². The van der Waals surface area contributed by atoms with Crippen molar-refractivity contribution in [1.82, 2.24) is 4.98 Å². The fourth-order valence-electron chi connectivity index (χ4n) is 1.31. The lowest BCUT2D eigenvalue weighted by Crippen LogP contribution is -2.13. The van der Waals surface area contributed by atoms with Gasteiger partial charge in [0.05, 0.1) is 16.3 Å². The number of hydrogen-bond donors (Lipinski definition) is 2. The highest BCUT2D eigenvalue weighted by atomic mass is 35.5. The molecular weight excluding hydrogens is 311 g/mol. The number of halogens is 2. The Morgan fingerprint density at radius 3 is 2.74 bits per heavy atom. The Bertz CT molecular complexity index is 657. The lowest BCUT2D eigenvalue weighted by Gasteiger charge is -2.05. The minimum absolute atomic E-state index is 0.0568. The molecular formula is C11H6Cl2N2O3S. The maximum Gasteiger partial charge on any atom is 0.348 e. The third-order valence-corrected chi connectivity index (χ3v) is 3.75. The Hall–Kier alpha value is -1.63. The van der Waals surface area contributed by atoms with Gasteiger partial charge in [-0.25, -0.2) is 9.78 Å².